The van der Waals surface area contributed by atoms with Crippen molar-refractivity contribution >= 4 is 11.1 Å². The Morgan fingerprint density at radius 1 is 0.833 bits per heavy atom. The monoisotopic (exact) mass is 238 g/mol. The van der Waals surface area contributed by atoms with Crippen LogP contribution in [0.4, 0.5) is 0 Å². The number of allylic oxidation sites excluding steroid dienone is 2. The van der Waals surface area contributed by atoms with Crippen LogP contribution in [-0.2, 0) is 0 Å². The second-order valence-corrected chi connectivity index (χ2v) is 4.67. The number of phenols is 1. The van der Waals surface area contributed by atoms with Crippen molar-refractivity contribution in [2.24, 2.45) is 0 Å². The van der Waals surface area contributed by atoms with Crippen molar-refractivity contribution in [3.63, 3.8) is 0 Å². The van der Waals surface area contributed by atoms with Crippen molar-refractivity contribution in [2.75, 3.05) is 0 Å². The molecule has 0 spiro atoms. The molecule has 0 aliphatic heterocycles. The highest BCUT2D eigenvalue weighted by molar-refractivity contribution is 5.89. The predicted molar refractivity (Wildman–Crippen MR) is 77.4 cm³/mol. The Morgan fingerprint density at radius 2 is 1.39 bits per heavy atom. The standard InChI is InChI=1S/C17H18O/c1-12-6-4-7-15(10-12)13(2)14(3)16-8-5-9-17(18)11-16/h4-11,18H,1-3H3/b14-13+. The van der Waals surface area contributed by atoms with E-state index in [-0.39, 0.29) is 0 Å². The van der Waals surface area contributed by atoms with Crippen LogP contribution in [0.1, 0.15) is 30.5 Å². The van der Waals surface area contributed by atoms with Gasteiger partial charge >= 0.3 is 0 Å². The maximum atomic E-state index is 9.54. The van der Waals surface area contributed by atoms with Crippen LogP contribution in [0.3, 0.4) is 0 Å². The molecule has 0 atom stereocenters. The van der Waals surface area contributed by atoms with Gasteiger partial charge in [0.2, 0.25) is 0 Å². The summed E-state index contributed by atoms with van der Waals surface area (Å²) in [6.07, 6.45) is 0. The van der Waals surface area contributed by atoms with Crippen molar-refractivity contribution in [1.82, 2.24) is 0 Å². The van der Waals surface area contributed by atoms with E-state index in [0.29, 0.717) is 5.75 Å². The Bertz CT molecular complexity index is 541. The van der Waals surface area contributed by atoms with Crippen molar-refractivity contribution in [3.8, 4) is 5.75 Å². The Labute approximate surface area is 108 Å². The zero-order valence-electron chi connectivity index (χ0n) is 11.1. The molecule has 0 saturated heterocycles. The number of hydrogen-bond donors (Lipinski definition) is 1. The highest BCUT2D eigenvalue weighted by Crippen LogP contribution is 2.27. The molecule has 92 valence electrons. The number of benzene rings is 2. The molecule has 0 aliphatic carbocycles. The maximum absolute atomic E-state index is 9.54. The summed E-state index contributed by atoms with van der Waals surface area (Å²) in [5.41, 5.74) is 5.99. The highest BCUT2D eigenvalue weighted by Gasteiger charge is 2.04. The average molecular weight is 238 g/mol. The van der Waals surface area contributed by atoms with E-state index in [2.05, 4.69) is 45.0 Å². The minimum absolute atomic E-state index is 0.309. The molecule has 1 nitrogen and oxygen atoms in total. The van der Waals surface area contributed by atoms with Crippen molar-refractivity contribution in [2.45, 2.75) is 20.8 Å². The third-order valence-electron chi connectivity index (χ3n) is 3.29. The van der Waals surface area contributed by atoms with Crippen molar-refractivity contribution in [1.29, 1.82) is 0 Å². The Morgan fingerprint density at radius 3 is 1.94 bits per heavy atom. The van der Waals surface area contributed by atoms with Gasteiger partial charge in [-0.05, 0) is 55.2 Å². The first-order valence-electron chi connectivity index (χ1n) is 6.12. The molecule has 0 saturated carbocycles. The molecule has 2 aromatic carbocycles. The highest BCUT2D eigenvalue weighted by atomic mass is 16.3. The molecule has 0 fully saturated rings. The van der Waals surface area contributed by atoms with Gasteiger partial charge in [-0.2, -0.15) is 0 Å². The van der Waals surface area contributed by atoms with E-state index in [1.54, 1.807) is 12.1 Å². The van der Waals surface area contributed by atoms with Gasteiger partial charge in [-0.3, -0.25) is 0 Å². The van der Waals surface area contributed by atoms with Gasteiger partial charge in [0.05, 0.1) is 0 Å². The summed E-state index contributed by atoms with van der Waals surface area (Å²) in [5, 5.41) is 9.54. The minimum Gasteiger partial charge on any atom is -0.508 e. The van der Waals surface area contributed by atoms with E-state index < -0.39 is 0 Å². The van der Waals surface area contributed by atoms with E-state index in [1.165, 1.54) is 22.3 Å². The topological polar surface area (TPSA) is 20.2 Å². The van der Waals surface area contributed by atoms with Crippen LogP contribution in [0.5, 0.6) is 5.75 Å². The van der Waals surface area contributed by atoms with E-state index >= 15 is 0 Å². The molecule has 2 rings (SSSR count). The number of aromatic hydroxyl groups is 1. The number of phenolic OH excluding ortho intramolecular Hbond substituents is 1. The molecule has 18 heavy (non-hydrogen) atoms. The first kappa shape index (κ1) is 12.4. The third kappa shape index (κ3) is 2.62. The van der Waals surface area contributed by atoms with Crippen LogP contribution in [0.2, 0.25) is 0 Å². The largest absolute Gasteiger partial charge is 0.508 e. The normalized spacial score (nSPS) is 12.2. The van der Waals surface area contributed by atoms with Gasteiger partial charge in [0, 0.05) is 0 Å². The Balaban J connectivity index is 2.47. The minimum atomic E-state index is 0.309. The Hall–Kier alpha value is -2.02. The lowest BCUT2D eigenvalue weighted by Gasteiger charge is -2.09. The quantitative estimate of drug-likeness (QED) is 0.755. The van der Waals surface area contributed by atoms with Crippen LogP contribution in [0, 0.1) is 6.92 Å². The van der Waals surface area contributed by atoms with Crippen LogP contribution in [-0.4, -0.2) is 5.11 Å². The molecular weight excluding hydrogens is 220 g/mol. The maximum Gasteiger partial charge on any atom is 0.116 e. The predicted octanol–water partition coefficient (Wildman–Crippen LogP) is 4.65. The number of aryl methyl sites for hydroxylation is 1. The van der Waals surface area contributed by atoms with E-state index in [4.69, 9.17) is 0 Å². The van der Waals surface area contributed by atoms with E-state index in [0.717, 1.165) is 5.56 Å². The zero-order valence-corrected chi connectivity index (χ0v) is 11.1. The summed E-state index contributed by atoms with van der Waals surface area (Å²) < 4.78 is 0. The van der Waals surface area contributed by atoms with Crippen molar-refractivity contribution < 1.29 is 5.11 Å². The average Bonchev–Trinajstić information content (AvgIpc) is 2.37. The van der Waals surface area contributed by atoms with Gasteiger partial charge in [-0.1, -0.05) is 42.0 Å². The summed E-state index contributed by atoms with van der Waals surface area (Å²) in [4.78, 5) is 0. The second-order valence-electron chi connectivity index (χ2n) is 4.67. The van der Waals surface area contributed by atoms with Gasteiger partial charge in [0.1, 0.15) is 5.75 Å². The first-order chi connectivity index (χ1) is 8.58. The first-order valence-corrected chi connectivity index (χ1v) is 6.12. The van der Waals surface area contributed by atoms with E-state index in [9.17, 15) is 5.11 Å². The fourth-order valence-electron chi connectivity index (χ4n) is 2.05. The molecule has 1 N–H and O–H groups in total. The SMILES string of the molecule is C/C(=C(/C)c1cccc(O)c1)c1cccc(C)c1. The lowest BCUT2D eigenvalue weighted by Crippen LogP contribution is -1.87. The van der Waals surface area contributed by atoms with E-state index in [1.807, 2.05) is 12.1 Å². The fraction of sp³-hybridized carbons (Fsp3) is 0.176. The molecule has 0 heterocycles. The molecule has 0 bridgehead atoms. The lowest BCUT2D eigenvalue weighted by atomic mass is 9.96. The van der Waals surface area contributed by atoms with Crippen LogP contribution >= 0.6 is 0 Å². The summed E-state index contributed by atoms with van der Waals surface area (Å²) in [6.45, 7) is 6.31. The van der Waals surface area contributed by atoms with Gasteiger partial charge in [-0.15, -0.1) is 0 Å². The molecular formula is C17H18O. The van der Waals surface area contributed by atoms with Gasteiger partial charge in [0.15, 0.2) is 0 Å². The van der Waals surface area contributed by atoms with Crippen molar-refractivity contribution in [3.05, 3.63) is 65.2 Å². The van der Waals surface area contributed by atoms with Crippen LogP contribution < -0.4 is 0 Å². The molecule has 2 aromatic rings. The smallest absolute Gasteiger partial charge is 0.116 e. The van der Waals surface area contributed by atoms with Crippen LogP contribution in [0.25, 0.3) is 11.1 Å². The molecule has 0 aliphatic rings. The molecule has 0 aromatic heterocycles. The molecule has 0 unspecified atom stereocenters. The molecule has 0 amide bonds. The lowest BCUT2D eigenvalue weighted by molar-refractivity contribution is 0.475. The summed E-state index contributed by atoms with van der Waals surface area (Å²) in [6, 6.07) is 15.9. The van der Waals surface area contributed by atoms with Gasteiger partial charge in [-0.25, -0.2) is 0 Å². The zero-order chi connectivity index (χ0) is 13.1. The number of hydrogen-bond acceptors (Lipinski definition) is 1. The summed E-state index contributed by atoms with van der Waals surface area (Å²) in [5.74, 6) is 0.309. The molecule has 0 radical (unpaired) electrons. The van der Waals surface area contributed by atoms with Gasteiger partial charge in [0.25, 0.3) is 0 Å². The van der Waals surface area contributed by atoms with Crippen LogP contribution in [0.15, 0.2) is 48.5 Å². The number of rotatable bonds is 2. The Kier molecular flexibility index (Phi) is 3.52. The molecule has 1 heteroatoms. The summed E-state index contributed by atoms with van der Waals surface area (Å²) in [7, 11) is 0. The summed E-state index contributed by atoms with van der Waals surface area (Å²) >= 11 is 0. The fourth-order valence-corrected chi connectivity index (χ4v) is 2.05. The third-order valence-corrected chi connectivity index (χ3v) is 3.29. The van der Waals surface area contributed by atoms with Gasteiger partial charge < -0.3 is 5.11 Å². The second kappa shape index (κ2) is 5.09.